The second kappa shape index (κ2) is 5.41. The largest absolute Gasteiger partial charge is 0.306 e. The number of azide groups is 1. The van der Waals surface area contributed by atoms with Crippen LogP contribution in [0, 0.1) is 24.3 Å². The minimum Gasteiger partial charge on any atom is -0.194 e. The summed E-state index contributed by atoms with van der Waals surface area (Å²) in [5.41, 5.74) is 11.2. The van der Waals surface area contributed by atoms with E-state index in [4.69, 9.17) is 5.53 Å². The van der Waals surface area contributed by atoms with Crippen molar-refractivity contribution in [2.24, 2.45) is 5.11 Å². The lowest BCUT2D eigenvalue weighted by molar-refractivity contribution is 0.550. The molecule has 0 bridgehead atoms. The Hall–Kier alpha value is -0.860. The van der Waals surface area contributed by atoms with Crippen LogP contribution in [0.4, 0.5) is 9.57 Å². The fourth-order valence-electron chi connectivity index (χ4n) is 1.81. The molecule has 0 aliphatic rings. The third kappa shape index (κ3) is 3.12. The monoisotopic (exact) mass is 383 g/mol. The Bertz CT molecular complexity index is 652. The van der Waals surface area contributed by atoms with Crippen LogP contribution >= 0.6 is 22.6 Å². The topological polar surface area (TPSA) is 82.9 Å². The van der Waals surface area contributed by atoms with Crippen molar-refractivity contribution in [1.82, 2.24) is 0 Å². The summed E-state index contributed by atoms with van der Waals surface area (Å²) in [7, 11) is -4.62. The summed E-state index contributed by atoms with van der Waals surface area (Å²) in [6, 6.07) is 0. The minimum atomic E-state index is -4.62. The van der Waals surface area contributed by atoms with E-state index in [0.717, 1.165) is 9.13 Å². The van der Waals surface area contributed by atoms with Gasteiger partial charge in [-0.05, 0) is 71.1 Å². The maximum atomic E-state index is 12.9. The molecule has 0 N–H and O–H groups in total. The smallest absolute Gasteiger partial charge is 0.194 e. The van der Waals surface area contributed by atoms with Crippen molar-refractivity contribution in [1.29, 1.82) is 0 Å². The van der Waals surface area contributed by atoms with Crippen LogP contribution in [0.1, 0.15) is 22.3 Å². The Morgan fingerprint density at radius 1 is 1.28 bits per heavy atom. The van der Waals surface area contributed by atoms with Crippen LogP contribution in [0.2, 0.25) is 0 Å². The highest BCUT2D eigenvalue weighted by molar-refractivity contribution is 14.1. The predicted octanol–water partition coefficient (Wildman–Crippen LogP) is 3.96. The number of benzene rings is 1. The van der Waals surface area contributed by atoms with Crippen LogP contribution in [0.5, 0.6) is 0 Å². The van der Waals surface area contributed by atoms with Gasteiger partial charge in [-0.15, -0.1) is 3.89 Å². The van der Waals surface area contributed by atoms with Crippen LogP contribution in [0.25, 0.3) is 10.4 Å². The van der Waals surface area contributed by atoms with Crippen molar-refractivity contribution in [3.63, 3.8) is 0 Å². The number of hydrogen-bond acceptors (Lipinski definition) is 3. The molecule has 0 saturated heterocycles. The first-order chi connectivity index (χ1) is 8.19. The highest BCUT2D eigenvalue weighted by Crippen LogP contribution is 2.35. The first-order valence-corrected chi connectivity index (χ1v) is 7.57. The highest BCUT2D eigenvalue weighted by Gasteiger charge is 2.19. The fraction of sp³-hybridized carbons (Fsp3) is 0.400. The second-order valence-electron chi connectivity index (χ2n) is 3.89. The summed E-state index contributed by atoms with van der Waals surface area (Å²) < 4.78 is 35.2. The summed E-state index contributed by atoms with van der Waals surface area (Å²) in [6.45, 7) is 5.13. The average molecular weight is 383 g/mol. The van der Waals surface area contributed by atoms with E-state index in [0.29, 0.717) is 22.4 Å². The summed E-state index contributed by atoms with van der Waals surface area (Å²) in [4.78, 5) is 2.71. The fourth-order valence-corrected chi connectivity index (χ4v) is 3.17. The molecule has 0 spiro atoms. The number of hydrogen-bond donors (Lipinski definition) is 0. The second-order valence-corrected chi connectivity index (χ2v) is 6.33. The van der Waals surface area contributed by atoms with E-state index in [1.54, 1.807) is 20.8 Å². The van der Waals surface area contributed by atoms with Gasteiger partial charge in [0.1, 0.15) is 5.75 Å². The molecule has 0 fully saturated rings. The molecule has 0 aliphatic heterocycles. The molecule has 0 aromatic heterocycles. The third-order valence-corrected chi connectivity index (χ3v) is 4.99. The summed E-state index contributed by atoms with van der Waals surface area (Å²) >= 11 is 2.03. The Morgan fingerprint density at radius 2 is 1.83 bits per heavy atom. The molecule has 18 heavy (non-hydrogen) atoms. The molecule has 0 aliphatic carbocycles. The van der Waals surface area contributed by atoms with Gasteiger partial charge in [0, 0.05) is 14.2 Å². The average Bonchev–Trinajstić information content (AvgIpc) is 2.26. The standard InChI is InChI=1S/C10H11FIN3O2S/c1-5-8(4-18(11,16)17)6(2)10(14-15-13)7(3)9(5)12/h4H2,1-3H3. The van der Waals surface area contributed by atoms with Crippen LogP contribution in [-0.4, -0.2) is 8.42 Å². The Morgan fingerprint density at radius 3 is 2.28 bits per heavy atom. The van der Waals surface area contributed by atoms with Gasteiger partial charge >= 0.3 is 10.2 Å². The zero-order valence-corrected chi connectivity index (χ0v) is 13.0. The van der Waals surface area contributed by atoms with E-state index in [1.165, 1.54) is 0 Å². The van der Waals surface area contributed by atoms with E-state index in [-0.39, 0.29) is 0 Å². The van der Waals surface area contributed by atoms with Gasteiger partial charge in [0.25, 0.3) is 0 Å². The lowest BCUT2D eigenvalue weighted by atomic mass is 9.99. The van der Waals surface area contributed by atoms with Gasteiger partial charge in [-0.1, -0.05) is 5.11 Å². The van der Waals surface area contributed by atoms with Crippen molar-refractivity contribution in [2.45, 2.75) is 26.5 Å². The van der Waals surface area contributed by atoms with Crippen LogP contribution in [0.15, 0.2) is 5.11 Å². The SMILES string of the molecule is Cc1c(I)c(C)c(N=[N+]=[N-])c(C)c1CS(=O)(=O)F. The molecule has 0 amide bonds. The minimum absolute atomic E-state index is 0.356. The molecular formula is C10H11FIN3O2S. The first-order valence-electron chi connectivity index (χ1n) is 4.94. The first kappa shape index (κ1) is 15.2. The molecule has 0 heterocycles. The number of halogens is 2. The van der Waals surface area contributed by atoms with Crippen molar-refractivity contribution < 1.29 is 12.3 Å². The number of nitrogens with zero attached hydrogens (tertiary/aromatic N) is 3. The molecule has 1 rings (SSSR count). The maximum Gasteiger partial charge on any atom is 0.306 e. The zero-order valence-electron chi connectivity index (χ0n) is 10.0. The van der Waals surface area contributed by atoms with Gasteiger partial charge in [-0.2, -0.15) is 8.42 Å². The molecule has 0 saturated carbocycles. The third-order valence-electron chi connectivity index (χ3n) is 2.74. The van der Waals surface area contributed by atoms with Crippen LogP contribution < -0.4 is 0 Å². The lowest BCUT2D eigenvalue weighted by Gasteiger charge is -2.16. The molecule has 5 nitrogen and oxygen atoms in total. The van der Waals surface area contributed by atoms with Crippen molar-refractivity contribution in [2.75, 3.05) is 0 Å². The van der Waals surface area contributed by atoms with Gasteiger partial charge in [0.15, 0.2) is 0 Å². The maximum absolute atomic E-state index is 12.9. The van der Waals surface area contributed by atoms with E-state index in [9.17, 15) is 12.3 Å². The molecular weight excluding hydrogens is 372 g/mol. The quantitative estimate of drug-likeness (QED) is 0.260. The van der Waals surface area contributed by atoms with E-state index < -0.39 is 16.0 Å². The van der Waals surface area contributed by atoms with Gasteiger partial charge < -0.3 is 0 Å². The van der Waals surface area contributed by atoms with E-state index in [2.05, 4.69) is 10.0 Å². The summed E-state index contributed by atoms with van der Waals surface area (Å²) in [5, 5.41) is 3.56. The molecule has 0 atom stereocenters. The summed E-state index contributed by atoms with van der Waals surface area (Å²) in [6.07, 6.45) is 0. The zero-order chi connectivity index (χ0) is 14.1. The Kier molecular flexibility index (Phi) is 4.57. The van der Waals surface area contributed by atoms with E-state index in [1.807, 2.05) is 22.6 Å². The van der Waals surface area contributed by atoms with E-state index >= 15 is 0 Å². The molecule has 1 aromatic carbocycles. The predicted molar refractivity (Wildman–Crippen MR) is 75.9 cm³/mol. The molecule has 0 unspecified atom stereocenters. The molecule has 1 aromatic rings. The molecule has 8 heteroatoms. The molecule has 0 radical (unpaired) electrons. The van der Waals surface area contributed by atoms with Crippen molar-refractivity contribution in [3.8, 4) is 0 Å². The van der Waals surface area contributed by atoms with Gasteiger partial charge in [-0.3, -0.25) is 0 Å². The van der Waals surface area contributed by atoms with Crippen LogP contribution in [0.3, 0.4) is 0 Å². The van der Waals surface area contributed by atoms with Crippen LogP contribution in [-0.2, 0) is 16.0 Å². The summed E-state index contributed by atoms with van der Waals surface area (Å²) in [5.74, 6) is -0.700. The Labute approximate surface area is 118 Å². The van der Waals surface area contributed by atoms with Gasteiger partial charge in [0.2, 0.25) is 0 Å². The van der Waals surface area contributed by atoms with Gasteiger partial charge in [0.05, 0.1) is 0 Å². The van der Waals surface area contributed by atoms with Gasteiger partial charge in [-0.25, -0.2) is 0 Å². The highest BCUT2D eigenvalue weighted by atomic mass is 127. The number of rotatable bonds is 3. The lowest BCUT2D eigenvalue weighted by Crippen LogP contribution is -2.05. The van der Waals surface area contributed by atoms with Crippen molar-refractivity contribution in [3.05, 3.63) is 36.3 Å². The van der Waals surface area contributed by atoms with Crippen molar-refractivity contribution >= 4 is 38.5 Å². The normalized spacial score (nSPS) is 11.2. The Balaban J connectivity index is 3.67. The molecule has 98 valence electrons.